The first kappa shape index (κ1) is 28.8. The number of nitrogens with one attached hydrogen (secondary N) is 1. The Kier molecular flexibility index (Phi) is 9.13. The monoisotopic (exact) mass is 572 g/mol. The highest BCUT2D eigenvalue weighted by molar-refractivity contribution is 6.39. The predicted molar refractivity (Wildman–Crippen MR) is 158 cm³/mol. The smallest absolute Gasteiger partial charge is 0.316 e. The summed E-state index contributed by atoms with van der Waals surface area (Å²) in [5.41, 5.74) is 7.03. The molecule has 5 rings (SSSR count). The van der Waals surface area contributed by atoms with E-state index in [1.54, 1.807) is 31.5 Å². The third-order valence-electron chi connectivity index (χ3n) is 7.29. The van der Waals surface area contributed by atoms with Crippen LogP contribution in [0.1, 0.15) is 18.4 Å². The number of fused-ring (bicyclic) bond motifs is 1. The van der Waals surface area contributed by atoms with Crippen molar-refractivity contribution in [3.05, 3.63) is 84.3 Å². The molecule has 1 aliphatic heterocycles. The molecule has 1 fully saturated rings. The molecular formula is C32H33FN4O5. The zero-order valence-electron chi connectivity index (χ0n) is 23.3. The normalized spacial score (nSPS) is 13.5. The molecule has 0 aliphatic carbocycles. The molecule has 0 spiro atoms. The van der Waals surface area contributed by atoms with Gasteiger partial charge in [-0.15, -0.1) is 0 Å². The number of amides is 2. The van der Waals surface area contributed by atoms with Gasteiger partial charge in [0.05, 0.1) is 19.2 Å². The molecule has 2 amide bonds. The molecule has 0 atom stereocenters. The molecule has 0 saturated carbocycles. The molecular weight excluding hydrogens is 539 g/mol. The van der Waals surface area contributed by atoms with E-state index in [1.165, 1.54) is 17.0 Å². The Balaban J connectivity index is 1.36. The molecule has 42 heavy (non-hydrogen) atoms. The lowest BCUT2D eigenvalue weighted by atomic mass is 9.99. The molecule has 1 saturated heterocycles. The Labute approximate surface area is 243 Å². The lowest BCUT2D eigenvalue weighted by Gasteiger charge is -2.23. The summed E-state index contributed by atoms with van der Waals surface area (Å²) >= 11 is 0. The van der Waals surface area contributed by atoms with Gasteiger partial charge in [0.2, 0.25) is 0 Å². The van der Waals surface area contributed by atoms with Crippen LogP contribution in [0.4, 0.5) is 10.1 Å². The van der Waals surface area contributed by atoms with Gasteiger partial charge in [0.15, 0.2) is 23.1 Å². The fourth-order valence-electron chi connectivity index (χ4n) is 4.97. The van der Waals surface area contributed by atoms with Crippen LogP contribution >= 0.6 is 0 Å². The minimum Gasteiger partial charge on any atom is -0.493 e. The Morgan fingerprint density at radius 3 is 2.50 bits per heavy atom. The van der Waals surface area contributed by atoms with Crippen LogP contribution in [0.2, 0.25) is 0 Å². The fraction of sp³-hybridized carbons (Fsp3) is 0.281. The van der Waals surface area contributed by atoms with Crippen LogP contribution < -0.4 is 30.2 Å². The van der Waals surface area contributed by atoms with Crippen LogP contribution in [-0.4, -0.2) is 50.1 Å². The second kappa shape index (κ2) is 13.3. The van der Waals surface area contributed by atoms with Gasteiger partial charge >= 0.3 is 11.8 Å². The van der Waals surface area contributed by atoms with Crippen LogP contribution in [0.3, 0.4) is 0 Å². The predicted octanol–water partition coefficient (Wildman–Crippen LogP) is 4.61. The number of hydrogen-bond donors (Lipinski definition) is 2. The first-order valence-corrected chi connectivity index (χ1v) is 13.9. The Morgan fingerprint density at radius 2 is 1.79 bits per heavy atom. The second-order valence-corrected chi connectivity index (χ2v) is 10.1. The number of hydrogen-bond acceptors (Lipinski definition) is 7. The van der Waals surface area contributed by atoms with Crippen molar-refractivity contribution in [1.82, 2.24) is 10.3 Å². The van der Waals surface area contributed by atoms with Crippen molar-refractivity contribution in [3.8, 4) is 23.0 Å². The number of carbonyl (C=O) groups excluding carboxylic acids is 2. The molecule has 218 valence electrons. The lowest BCUT2D eigenvalue weighted by Crippen LogP contribution is -2.41. The fourth-order valence-corrected chi connectivity index (χ4v) is 4.97. The maximum Gasteiger partial charge on any atom is 0.316 e. The third-order valence-corrected chi connectivity index (χ3v) is 7.29. The molecule has 0 radical (unpaired) electrons. The van der Waals surface area contributed by atoms with E-state index >= 15 is 4.39 Å². The van der Waals surface area contributed by atoms with Crippen molar-refractivity contribution in [2.24, 2.45) is 11.7 Å². The summed E-state index contributed by atoms with van der Waals surface area (Å²) in [6.45, 7) is 2.69. The molecule has 1 aromatic heterocycles. The van der Waals surface area contributed by atoms with Crippen molar-refractivity contribution >= 4 is 28.4 Å². The van der Waals surface area contributed by atoms with Crippen molar-refractivity contribution in [2.45, 2.75) is 19.3 Å². The van der Waals surface area contributed by atoms with E-state index in [2.05, 4.69) is 10.3 Å². The van der Waals surface area contributed by atoms with E-state index in [0.717, 1.165) is 37.6 Å². The number of piperidine rings is 1. The number of pyridine rings is 1. The van der Waals surface area contributed by atoms with Gasteiger partial charge in [-0.05, 0) is 68.1 Å². The van der Waals surface area contributed by atoms with E-state index in [-0.39, 0.29) is 18.0 Å². The number of primary amides is 1. The minimum absolute atomic E-state index is 0.0639. The highest BCUT2D eigenvalue weighted by Gasteiger charge is 2.23. The molecule has 10 heteroatoms. The number of ether oxygens (including phenoxy) is 3. The number of rotatable bonds is 10. The van der Waals surface area contributed by atoms with Crippen LogP contribution in [-0.2, 0) is 16.0 Å². The van der Waals surface area contributed by atoms with Crippen molar-refractivity contribution in [1.29, 1.82) is 0 Å². The number of benzene rings is 3. The molecule has 3 N–H and O–H groups in total. The van der Waals surface area contributed by atoms with Crippen LogP contribution in [0.5, 0.6) is 23.0 Å². The van der Waals surface area contributed by atoms with Crippen LogP contribution in [0.25, 0.3) is 10.9 Å². The van der Waals surface area contributed by atoms with Gasteiger partial charge in [-0.25, -0.2) is 4.39 Å². The number of halogens is 1. The number of carbonyl (C=O) groups is 2. The Bertz CT molecular complexity index is 1560. The molecule has 2 heterocycles. The summed E-state index contributed by atoms with van der Waals surface area (Å²) in [4.78, 5) is 29.9. The Hall–Kier alpha value is -4.70. The highest BCUT2D eigenvalue weighted by atomic mass is 19.1. The first-order chi connectivity index (χ1) is 20.4. The molecule has 3 aromatic carbocycles. The van der Waals surface area contributed by atoms with Gasteiger partial charge in [0.1, 0.15) is 5.75 Å². The van der Waals surface area contributed by atoms with Gasteiger partial charge in [0, 0.05) is 35.9 Å². The number of methoxy groups -OCH3 is 1. The Morgan fingerprint density at radius 1 is 1.00 bits per heavy atom. The van der Waals surface area contributed by atoms with E-state index in [4.69, 9.17) is 19.9 Å². The number of nitrogens with two attached hydrogens (primary N) is 1. The molecule has 0 unspecified atom stereocenters. The molecule has 0 bridgehead atoms. The van der Waals surface area contributed by atoms with Gasteiger partial charge < -0.3 is 30.2 Å². The molecule has 9 nitrogen and oxygen atoms in total. The SMILES string of the molecule is COc1cc2c(Oc3ccc(N(CCc4ccccc4)C(=O)C(N)=O)cc3F)ccnc2cc1OCC1CCNCC1. The lowest BCUT2D eigenvalue weighted by molar-refractivity contribution is -0.135. The summed E-state index contributed by atoms with van der Waals surface area (Å²) in [6, 6.07) is 18.7. The maximum absolute atomic E-state index is 15.4. The van der Waals surface area contributed by atoms with Gasteiger partial charge in [-0.2, -0.15) is 0 Å². The maximum atomic E-state index is 15.4. The summed E-state index contributed by atoms with van der Waals surface area (Å²) in [5, 5.41) is 3.96. The highest BCUT2D eigenvalue weighted by Crippen LogP contribution is 2.38. The summed E-state index contributed by atoms with van der Waals surface area (Å²) in [5.74, 6) is -0.900. The van der Waals surface area contributed by atoms with Gasteiger partial charge in [0.25, 0.3) is 0 Å². The summed E-state index contributed by atoms with van der Waals surface area (Å²) in [6.07, 6.45) is 4.13. The van der Waals surface area contributed by atoms with Crippen molar-refractivity contribution in [3.63, 3.8) is 0 Å². The second-order valence-electron chi connectivity index (χ2n) is 10.1. The summed E-state index contributed by atoms with van der Waals surface area (Å²) < 4.78 is 33.0. The zero-order valence-corrected chi connectivity index (χ0v) is 23.3. The number of aromatic nitrogens is 1. The number of anilines is 1. The molecule has 1 aliphatic rings. The van der Waals surface area contributed by atoms with E-state index in [1.807, 2.05) is 30.3 Å². The van der Waals surface area contributed by atoms with E-state index in [9.17, 15) is 9.59 Å². The summed E-state index contributed by atoms with van der Waals surface area (Å²) in [7, 11) is 1.56. The van der Waals surface area contributed by atoms with Crippen LogP contribution in [0.15, 0.2) is 72.9 Å². The van der Waals surface area contributed by atoms with Crippen molar-refractivity contribution < 1.29 is 28.2 Å². The average Bonchev–Trinajstić information content (AvgIpc) is 3.01. The first-order valence-electron chi connectivity index (χ1n) is 13.9. The van der Waals surface area contributed by atoms with Crippen molar-refractivity contribution in [2.75, 3.05) is 38.3 Å². The van der Waals surface area contributed by atoms with Crippen LogP contribution in [0, 0.1) is 11.7 Å². The van der Waals surface area contributed by atoms with Gasteiger partial charge in [-0.1, -0.05) is 30.3 Å². The average molecular weight is 573 g/mol. The van der Waals surface area contributed by atoms with Gasteiger partial charge in [-0.3, -0.25) is 14.6 Å². The van der Waals surface area contributed by atoms with E-state index < -0.39 is 17.6 Å². The number of nitrogens with zero attached hydrogens (tertiary/aromatic N) is 2. The minimum atomic E-state index is -1.12. The third kappa shape index (κ3) is 6.77. The molecule has 4 aromatic rings. The largest absolute Gasteiger partial charge is 0.493 e. The standard InChI is InChI=1S/C32H33FN4O5/c1-40-29-18-24-26(19-30(29)41-20-22-9-13-35-14-10-22)36-15-11-27(24)42-28-8-7-23(17-25(28)33)37(32(39)31(34)38)16-12-21-5-3-2-4-6-21/h2-8,11,15,17-19,22,35H,9-10,12-14,16,20H2,1H3,(H2,34,38). The van der Waals surface area contributed by atoms with E-state index in [0.29, 0.717) is 47.1 Å². The topological polar surface area (TPSA) is 116 Å². The zero-order chi connectivity index (χ0) is 29.5. The quantitative estimate of drug-likeness (QED) is 0.267.